The zero-order valence-corrected chi connectivity index (χ0v) is 9.06. The van der Waals surface area contributed by atoms with Crippen molar-refractivity contribution in [3.8, 4) is 0 Å². The minimum atomic E-state index is -2.51. The molecule has 0 atom stereocenters. The van der Waals surface area contributed by atoms with Gasteiger partial charge < -0.3 is 4.74 Å². The largest absolute Gasteiger partial charge is 0.466 e. The first kappa shape index (κ1) is 12.1. The smallest absolute Gasteiger partial charge is 0.330 e. The molecule has 0 radical (unpaired) electrons. The minimum Gasteiger partial charge on any atom is -0.466 e. The third-order valence-electron chi connectivity index (χ3n) is 2.91. The Bertz CT molecular complexity index is 262. The van der Waals surface area contributed by atoms with Gasteiger partial charge in [-0.15, -0.1) is 0 Å². The van der Waals surface area contributed by atoms with Gasteiger partial charge in [0.1, 0.15) is 0 Å². The molecule has 1 saturated carbocycles. The molecule has 0 amide bonds. The van der Waals surface area contributed by atoms with Crippen molar-refractivity contribution in [3.05, 3.63) is 11.6 Å². The molecule has 0 aliphatic heterocycles. The van der Waals surface area contributed by atoms with E-state index in [0.29, 0.717) is 12.8 Å². The lowest BCUT2D eigenvalue weighted by Crippen LogP contribution is -2.25. The van der Waals surface area contributed by atoms with Crippen LogP contribution in [0.1, 0.15) is 32.6 Å². The highest BCUT2D eigenvalue weighted by atomic mass is 19.3. The van der Waals surface area contributed by atoms with E-state index in [-0.39, 0.29) is 18.8 Å². The van der Waals surface area contributed by atoms with Gasteiger partial charge in [-0.05, 0) is 25.7 Å². The predicted octanol–water partition coefficient (Wildman–Crippen LogP) is 2.93. The lowest BCUT2D eigenvalue weighted by Gasteiger charge is -2.28. The van der Waals surface area contributed by atoms with E-state index < -0.39 is 11.9 Å². The molecule has 2 nitrogen and oxygen atoms in total. The van der Waals surface area contributed by atoms with Crippen LogP contribution < -0.4 is 0 Å². The Labute approximate surface area is 88.3 Å². The lowest BCUT2D eigenvalue weighted by atomic mass is 9.82. The fraction of sp³-hybridized carbons (Fsp3) is 0.727. The number of ether oxygens (including phenoxy) is 1. The number of alkyl halides is 2. The summed E-state index contributed by atoms with van der Waals surface area (Å²) in [6.07, 6.45) is 2.14. The SMILES string of the molecule is COC(=O)/C=C(/C)C1CCC(F)(F)CC1. The van der Waals surface area contributed by atoms with E-state index in [1.54, 1.807) is 6.92 Å². The molecule has 0 aromatic rings. The van der Waals surface area contributed by atoms with E-state index in [9.17, 15) is 13.6 Å². The molecule has 0 N–H and O–H groups in total. The van der Waals surface area contributed by atoms with Crippen LogP contribution in [-0.4, -0.2) is 19.0 Å². The summed E-state index contributed by atoms with van der Waals surface area (Å²) in [5.41, 5.74) is 0.845. The summed E-state index contributed by atoms with van der Waals surface area (Å²) in [6.45, 7) is 1.80. The maximum atomic E-state index is 12.9. The van der Waals surface area contributed by atoms with E-state index in [0.717, 1.165) is 5.57 Å². The van der Waals surface area contributed by atoms with Crippen LogP contribution in [0, 0.1) is 5.92 Å². The van der Waals surface area contributed by atoms with Crippen LogP contribution >= 0.6 is 0 Å². The second kappa shape index (κ2) is 4.73. The highest BCUT2D eigenvalue weighted by Gasteiger charge is 2.35. The Morgan fingerprint density at radius 1 is 1.40 bits per heavy atom. The van der Waals surface area contributed by atoms with Crippen LogP contribution in [0.15, 0.2) is 11.6 Å². The quantitative estimate of drug-likeness (QED) is 0.526. The van der Waals surface area contributed by atoms with Gasteiger partial charge in [-0.25, -0.2) is 13.6 Å². The van der Waals surface area contributed by atoms with Crippen molar-refractivity contribution in [2.75, 3.05) is 7.11 Å². The normalized spacial score (nSPS) is 22.5. The summed E-state index contributed by atoms with van der Waals surface area (Å²) >= 11 is 0. The van der Waals surface area contributed by atoms with Crippen LogP contribution in [0.4, 0.5) is 8.78 Å². The third kappa shape index (κ3) is 3.61. The number of methoxy groups -OCH3 is 1. The van der Waals surface area contributed by atoms with E-state index >= 15 is 0 Å². The first-order valence-corrected chi connectivity index (χ1v) is 5.08. The molecule has 0 aromatic carbocycles. The fourth-order valence-corrected chi connectivity index (χ4v) is 1.86. The molecule has 15 heavy (non-hydrogen) atoms. The average Bonchev–Trinajstić information content (AvgIpc) is 2.17. The standard InChI is InChI=1S/C11H16F2O2/c1-8(7-10(14)15-2)9-3-5-11(12,13)6-4-9/h7,9H,3-6H2,1-2H3/b8-7-. The monoisotopic (exact) mass is 218 g/mol. The highest BCUT2D eigenvalue weighted by Crippen LogP contribution is 2.38. The van der Waals surface area contributed by atoms with Gasteiger partial charge in [-0.1, -0.05) is 5.57 Å². The topological polar surface area (TPSA) is 26.3 Å². The molecule has 86 valence electrons. The Hall–Kier alpha value is -0.930. The molecule has 4 heteroatoms. The van der Waals surface area contributed by atoms with Crippen molar-refractivity contribution >= 4 is 5.97 Å². The van der Waals surface area contributed by atoms with Gasteiger partial charge in [-0.3, -0.25) is 0 Å². The van der Waals surface area contributed by atoms with Crippen LogP contribution in [0.25, 0.3) is 0 Å². The Morgan fingerprint density at radius 2 is 1.93 bits per heavy atom. The summed E-state index contributed by atoms with van der Waals surface area (Å²) in [7, 11) is 1.31. The summed E-state index contributed by atoms with van der Waals surface area (Å²) in [5, 5.41) is 0. The molecule has 0 aromatic heterocycles. The van der Waals surface area contributed by atoms with Crippen LogP contribution in [-0.2, 0) is 9.53 Å². The van der Waals surface area contributed by atoms with Crippen LogP contribution in [0.2, 0.25) is 0 Å². The zero-order valence-electron chi connectivity index (χ0n) is 9.06. The minimum absolute atomic E-state index is 0.0793. The molecule has 0 heterocycles. The number of esters is 1. The average molecular weight is 218 g/mol. The summed E-state index contributed by atoms with van der Waals surface area (Å²) in [4.78, 5) is 10.9. The molecule has 0 bridgehead atoms. The Kier molecular flexibility index (Phi) is 3.83. The van der Waals surface area contributed by atoms with Gasteiger partial charge in [0.25, 0.3) is 0 Å². The number of allylic oxidation sites excluding steroid dienone is 1. The Balaban J connectivity index is 2.53. The van der Waals surface area contributed by atoms with Crippen molar-refractivity contribution in [3.63, 3.8) is 0 Å². The molecule has 0 saturated heterocycles. The summed E-state index contributed by atoms with van der Waals surface area (Å²) < 4.78 is 30.2. The number of rotatable bonds is 2. The number of carbonyl (C=O) groups excluding carboxylic acids is 1. The molecule has 1 fully saturated rings. The first-order chi connectivity index (χ1) is 6.94. The van der Waals surface area contributed by atoms with Gasteiger partial charge >= 0.3 is 5.97 Å². The summed E-state index contributed by atoms with van der Waals surface area (Å²) in [5.74, 6) is -2.82. The molecule has 1 aliphatic carbocycles. The first-order valence-electron chi connectivity index (χ1n) is 5.08. The van der Waals surface area contributed by atoms with Gasteiger partial charge in [-0.2, -0.15) is 0 Å². The third-order valence-corrected chi connectivity index (χ3v) is 2.91. The van der Waals surface area contributed by atoms with Crippen molar-refractivity contribution in [2.24, 2.45) is 5.92 Å². The van der Waals surface area contributed by atoms with E-state index in [1.807, 2.05) is 0 Å². The van der Waals surface area contributed by atoms with E-state index in [4.69, 9.17) is 0 Å². The number of carbonyl (C=O) groups is 1. The highest BCUT2D eigenvalue weighted by molar-refractivity contribution is 5.82. The summed E-state index contributed by atoms with van der Waals surface area (Å²) in [6, 6.07) is 0. The van der Waals surface area contributed by atoms with Crippen LogP contribution in [0.3, 0.4) is 0 Å². The second-order valence-corrected chi connectivity index (χ2v) is 4.04. The maximum Gasteiger partial charge on any atom is 0.330 e. The molecular weight excluding hydrogens is 202 g/mol. The zero-order chi connectivity index (χ0) is 11.5. The van der Waals surface area contributed by atoms with Crippen molar-refractivity contribution in [1.29, 1.82) is 0 Å². The van der Waals surface area contributed by atoms with E-state index in [2.05, 4.69) is 4.74 Å². The Morgan fingerprint density at radius 3 is 2.40 bits per heavy atom. The molecule has 0 spiro atoms. The van der Waals surface area contributed by atoms with Crippen molar-refractivity contribution < 1.29 is 18.3 Å². The molecule has 1 rings (SSSR count). The predicted molar refractivity (Wildman–Crippen MR) is 52.7 cm³/mol. The van der Waals surface area contributed by atoms with Gasteiger partial charge in [0.2, 0.25) is 5.92 Å². The molecular formula is C11H16F2O2. The van der Waals surface area contributed by atoms with Gasteiger partial charge in [0.05, 0.1) is 7.11 Å². The molecule has 0 unspecified atom stereocenters. The second-order valence-electron chi connectivity index (χ2n) is 4.04. The van der Waals surface area contributed by atoms with Crippen molar-refractivity contribution in [2.45, 2.75) is 38.5 Å². The van der Waals surface area contributed by atoms with Gasteiger partial charge in [0.15, 0.2) is 0 Å². The maximum absolute atomic E-state index is 12.9. The number of hydrogen-bond donors (Lipinski definition) is 0. The number of hydrogen-bond acceptors (Lipinski definition) is 2. The van der Waals surface area contributed by atoms with Crippen LogP contribution in [0.5, 0.6) is 0 Å². The molecule has 1 aliphatic rings. The van der Waals surface area contributed by atoms with Gasteiger partial charge in [0, 0.05) is 18.9 Å². The lowest BCUT2D eigenvalue weighted by molar-refractivity contribution is -0.134. The number of halogens is 2. The van der Waals surface area contributed by atoms with Crippen molar-refractivity contribution in [1.82, 2.24) is 0 Å². The fourth-order valence-electron chi connectivity index (χ4n) is 1.86. The van der Waals surface area contributed by atoms with E-state index in [1.165, 1.54) is 13.2 Å².